The Kier molecular flexibility index (Phi) is 9.73. The van der Waals surface area contributed by atoms with Crippen LogP contribution in [0.3, 0.4) is 0 Å². The van der Waals surface area contributed by atoms with Gasteiger partial charge >= 0.3 is 6.18 Å². The number of nitrogens with one attached hydrogen (secondary N) is 2. The fraction of sp³-hybridized carbons (Fsp3) is 0.500. The molecule has 1 aromatic carbocycles. The van der Waals surface area contributed by atoms with E-state index in [0.29, 0.717) is 17.7 Å². The van der Waals surface area contributed by atoms with Gasteiger partial charge in [0.25, 0.3) is 0 Å². The van der Waals surface area contributed by atoms with Crippen molar-refractivity contribution in [1.29, 1.82) is 0 Å². The highest BCUT2D eigenvalue weighted by Gasteiger charge is 2.57. The summed E-state index contributed by atoms with van der Waals surface area (Å²) >= 11 is 0. The molecule has 2 atom stereocenters. The number of aromatic nitrogens is 2. The number of alkyl halides is 3. The first-order valence-electron chi connectivity index (χ1n) is 9.57. The molecule has 31 heavy (non-hydrogen) atoms. The van der Waals surface area contributed by atoms with Crippen molar-refractivity contribution in [2.45, 2.75) is 45.0 Å². The highest BCUT2D eigenvalue weighted by molar-refractivity contribution is 14.0. The van der Waals surface area contributed by atoms with E-state index in [2.05, 4.69) is 20.6 Å². The molecular formula is C20H28F4IN5O. The Labute approximate surface area is 196 Å². The van der Waals surface area contributed by atoms with Crippen molar-refractivity contribution < 1.29 is 22.7 Å². The molecule has 1 heterocycles. The molecule has 0 fully saturated rings. The quantitative estimate of drug-likeness (QED) is 0.209. The Morgan fingerprint density at radius 2 is 2.00 bits per heavy atom. The first-order chi connectivity index (χ1) is 14.0. The van der Waals surface area contributed by atoms with E-state index in [-0.39, 0.29) is 48.3 Å². The normalized spacial score (nSPS) is 15.1. The molecule has 0 saturated carbocycles. The lowest BCUT2D eigenvalue weighted by atomic mass is 9.98. The van der Waals surface area contributed by atoms with Gasteiger partial charge < -0.3 is 20.3 Å². The topological polar surface area (TPSA) is 74.5 Å². The van der Waals surface area contributed by atoms with Crippen molar-refractivity contribution in [3.8, 4) is 0 Å². The Morgan fingerprint density at radius 3 is 2.52 bits per heavy atom. The summed E-state index contributed by atoms with van der Waals surface area (Å²) in [6, 6.07) is 4.49. The second-order valence-corrected chi connectivity index (χ2v) is 7.11. The number of hydrogen-bond donors (Lipinski definition) is 3. The predicted octanol–water partition coefficient (Wildman–Crippen LogP) is 3.94. The molecule has 0 bridgehead atoms. The van der Waals surface area contributed by atoms with E-state index in [1.807, 2.05) is 6.92 Å². The van der Waals surface area contributed by atoms with Gasteiger partial charge in [0, 0.05) is 39.0 Å². The zero-order valence-corrected chi connectivity index (χ0v) is 20.1. The number of hydrogen-bond acceptors (Lipinski definition) is 3. The fourth-order valence-electron chi connectivity index (χ4n) is 2.96. The number of nitrogens with zero attached hydrogens (tertiary/aromatic N) is 3. The molecule has 0 saturated heterocycles. The Morgan fingerprint density at radius 1 is 1.32 bits per heavy atom. The maximum Gasteiger partial charge on any atom is 0.424 e. The maximum absolute atomic E-state index is 13.8. The lowest BCUT2D eigenvalue weighted by molar-refractivity contribution is -0.272. The summed E-state index contributed by atoms with van der Waals surface area (Å²) in [5.74, 6) is -0.574. The van der Waals surface area contributed by atoms with Crippen LogP contribution in [-0.4, -0.2) is 39.9 Å². The predicted molar refractivity (Wildman–Crippen MR) is 122 cm³/mol. The highest BCUT2D eigenvalue weighted by atomic mass is 127. The largest absolute Gasteiger partial charge is 0.424 e. The van der Waals surface area contributed by atoms with E-state index in [1.165, 1.54) is 25.5 Å². The molecule has 0 aliphatic heterocycles. The standard InChI is InChI=1S/C20H27F4N5O.HI/c1-5-25-18(28-14(3)15-7-6-13(2)16(21)12-15)27-9-8-19(30,20(22,23)24)17-26-10-11-29(17)4;/h6-7,10-12,14,30H,5,8-9H2,1-4H3,(H2,25,27,28);1H. The number of aliphatic hydroxyl groups is 1. The van der Waals surface area contributed by atoms with Gasteiger partial charge in [-0.15, -0.1) is 24.0 Å². The van der Waals surface area contributed by atoms with Crippen molar-refractivity contribution >= 4 is 29.9 Å². The van der Waals surface area contributed by atoms with Crippen LogP contribution in [-0.2, 0) is 12.6 Å². The molecule has 0 aliphatic carbocycles. The summed E-state index contributed by atoms with van der Waals surface area (Å²) in [4.78, 5) is 7.83. The zero-order chi connectivity index (χ0) is 22.5. The number of halogens is 5. The van der Waals surface area contributed by atoms with Gasteiger partial charge in [-0.05, 0) is 38.0 Å². The third kappa shape index (κ3) is 6.55. The second-order valence-electron chi connectivity index (χ2n) is 7.11. The van der Waals surface area contributed by atoms with Crippen molar-refractivity contribution in [2.24, 2.45) is 12.0 Å². The van der Waals surface area contributed by atoms with Gasteiger partial charge in [-0.3, -0.25) is 4.99 Å². The Balaban J connectivity index is 0.00000480. The monoisotopic (exact) mass is 557 g/mol. The van der Waals surface area contributed by atoms with Gasteiger partial charge in [-0.1, -0.05) is 12.1 Å². The van der Waals surface area contributed by atoms with Crippen LogP contribution in [0.25, 0.3) is 0 Å². The summed E-state index contributed by atoms with van der Waals surface area (Å²) in [6.07, 6.45) is -3.09. The van der Waals surface area contributed by atoms with Gasteiger partial charge in [-0.2, -0.15) is 13.2 Å². The maximum atomic E-state index is 13.8. The molecule has 0 amide bonds. The van der Waals surface area contributed by atoms with Crippen LogP contribution < -0.4 is 10.6 Å². The van der Waals surface area contributed by atoms with Crippen LogP contribution in [0, 0.1) is 12.7 Å². The van der Waals surface area contributed by atoms with Crippen LogP contribution in [0.1, 0.15) is 43.3 Å². The van der Waals surface area contributed by atoms with Crippen LogP contribution in [0.15, 0.2) is 35.6 Å². The first-order valence-corrected chi connectivity index (χ1v) is 9.57. The average molecular weight is 557 g/mol. The van der Waals surface area contributed by atoms with E-state index in [1.54, 1.807) is 26.0 Å². The lowest BCUT2D eigenvalue weighted by Gasteiger charge is -2.29. The lowest BCUT2D eigenvalue weighted by Crippen LogP contribution is -2.45. The SMILES string of the molecule is CCNC(=NCCC(O)(c1nccn1C)C(F)(F)F)NC(C)c1ccc(C)c(F)c1.I. The minimum absolute atomic E-state index is 0. The van der Waals surface area contributed by atoms with Gasteiger partial charge in [-0.25, -0.2) is 9.37 Å². The summed E-state index contributed by atoms with van der Waals surface area (Å²) < 4.78 is 55.8. The summed E-state index contributed by atoms with van der Waals surface area (Å²) in [5, 5.41) is 16.4. The van der Waals surface area contributed by atoms with Gasteiger partial charge in [0.05, 0.1) is 6.04 Å². The van der Waals surface area contributed by atoms with Crippen molar-refractivity contribution in [2.75, 3.05) is 13.1 Å². The number of guanidine groups is 1. The third-order valence-corrected chi connectivity index (χ3v) is 4.80. The molecule has 174 valence electrons. The smallest absolute Gasteiger partial charge is 0.374 e. The molecule has 0 radical (unpaired) electrons. The summed E-state index contributed by atoms with van der Waals surface area (Å²) in [6.45, 7) is 5.42. The van der Waals surface area contributed by atoms with Crippen molar-refractivity contribution in [3.05, 3.63) is 53.4 Å². The van der Waals surface area contributed by atoms with Gasteiger partial charge in [0.1, 0.15) is 11.6 Å². The molecular weight excluding hydrogens is 529 g/mol. The first kappa shape index (κ1) is 27.1. The summed E-state index contributed by atoms with van der Waals surface area (Å²) in [7, 11) is 1.39. The van der Waals surface area contributed by atoms with E-state index in [4.69, 9.17) is 0 Å². The number of aryl methyl sites for hydroxylation is 2. The molecule has 2 rings (SSSR count). The average Bonchev–Trinajstić information content (AvgIpc) is 3.09. The number of imidazole rings is 1. The van der Waals surface area contributed by atoms with Crippen molar-refractivity contribution in [1.82, 2.24) is 20.2 Å². The van der Waals surface area contributed by atoms with Crippen LogP contribution in [0.2, 0.25) is 0 Å². The van der Waals surface area contributed by atoms with Gasteiger partial charge in [0.2, 0.25) is 5.60 Å². The Hall–Kier alpha value is -1.89. The number of aliphatic imine (C=N–C) groups is 1. The minimum atomic E-state index is -4.92. The second kappa shape index (κ2) is 11.1. The molecule has 2 unspecified atom stereocenters. The molecule has 1 aromatic heterocycles. The molecule has 3 N–H and O–H groups in total. The molecule has 11 heteroatoms. The van der Waals surface area contributed by atoms with Crippen LogP contribution in [0.5, 0.6) is 0 Å². The van der Waals surface area contributed by atoms with Crippen molar-refractivity contribution in [3.63, 3.8) is 0 Å². The fourth-order valence-corrected chi connectivity index (χ4v) is 2.96. The van der Waals surface area contributed by atoms with Crippen LogP contribution in [0.4, 0.5) is 17.6 Å². The molecule has 2 aromatic rings. The van der Waals surface area contributed by atoms with Crippen LogP contribution >= 0.6 is 24.0 Å². The summed E-state index contributed by atoms with van der Waals surface area (Å²) in [5.41, 5.74) is -1.94. The molecule has 6 nitrogen and oxygen atoms in total. The van der Waals surface area contributed by atoms with E-state index in [0.717, 1.165) is 4.57 Å². The highest BCUT2D eigenvalue weighted by Crippen LogP contribution is 2.40. The third-order valence-electron chi connectivity index (χ3n) is 4.80. The minimum Gasteiger partial charge on any atom is -0.374 e. The molecule has 0 spiro atoms. The van der Waals surface area contributed by atoms with E-state index >= 15 is 0 Å². The van der Waals surface area contributed by atoms with Gasteiger partial charge in [0.15, 0.2) is 5.96 Å². The Bertz CT molecular complexity index is 887. The molecule has 0 aliphatic rings. The zero-order valence-electron chi connectivity index (χ0n) is 17.8. The van der Waals surface area contributed by atoms with E-state index < -0.39 is 24.0 Å². The number of rotatable bonds is 7. The number of benzene rings is 1. The van der Waals surface area contributed by atoms with E-state index in [9.17, 15) is 22.7 Å².